The summed E-state index contributed by atoms with van der Waals surface area (Å²) in [5.74, 6) is -0.0574. The molecule has 0 saturated carbocycles. The van der Waals surface area contributed by atoms with Crippen LogP contribution in [-0.2, 0) is 10.3 Å². The zero-order chi connectivity index (χ0) is 17.9. The number of para-hydroxylation sites is 1. The van der Waals surface area contributed by atoms with Crippen LogP contribution < -0.4 is 10.1 Å². The van der Waals surface area contributed by atoms with Crippen molar-refractivity contribution in [1.82, 2.24) is 10.2 Å². The smallest absolute Gasteiger partial charge is 0.325 e. The number of carbonyl (C=O) groups excluding carboxylic acids is 2. The van der Waals surface area contributed by atoms with Crippen LogP contribution in [0.5, 0.6) is 5.75 Å². The number of hydrogen-bond donors (Lipinski definition) is 1. The van der Waals surface area contributed by atoms with Gasteiger partial charge in [0, 0.05) is 0 Å². The van der Waals surface area contributed by atoms with E-state index in [0.717, 1.165) is 4.90 Å². The van der Waals surface area contributed by atoms with Crippen LogP contribution >= 0.6 is 0 Å². The number of ether oxygens (including phenoxy) is 1. The lowest BCUT2D eigenvalue weighted by molar-refractivity contribution is -0.132. The molecule has 0 unspecified atom stereocenters. The molecule has 0 radical (unpaired) electrons. The van der Waals surface area contributed by atoms with Crippen molar-refractivity contribution in [2.24, 2.45) is 0 Å². The first-order valence-corrected chi connectivity index (χ1v) is 8.15. The van der Waals surface area contributed by atoms with Gasteiger partial charge in [0.2, 0.25) is 0 Å². The van der Waals surface area contributed by atoms with Crippen LogP contribution in [0.1, 0.15) is 18.9 Å². The zero-order valence-electron chi connectivity index (χ0n) is 13.9. The number of amides is 3. The van der Waals surface area contributed by atoms with Gasteiger partial charge >= 0.3 is 6.03 Å². The third kappa shape index (κ3) is 3.20. The lowest BCUT2D eigenvalue weighted by Crippen LogP contribution is -2.43. The second-order valence-electron chi connectivity index (χ2n) is 5.81. The number of carbonyl (C=O) groups is 2. The van der Waals surface area contributed by atoms with Crippen molar-refractivity contribution in [1.29, 1.82) is 0 Å². The van der Waals surface area contributed by atoms with Gasteiger partial charge in [-0.15, -0.1) is 0 Å². The van der Waals surface area contributed by atoms with Crippen LogP contribution in [0.15, 0.2) is 54.6 Å². The van der Waals surface area contributed by atoms with E-state index in [0.29, 0.717) is 17.7 Å². The highest BCUT2D eigenvalue weighted by Crippen LogP contribution is 2.32. The van der Waals surface area contributed by atoms with Crippen LogP contribution in [0.2, 0.25) is 0 Å². The molecule has 1 N–H and O–H groups in total. The number of imide groups is 1. The Morgan fingerprint density at radius 3 is 2.40 bits per heavy atom. The topological polar surface area (TPSA) is 58.6 Å². The van der Waals surface area contributed by atoms with Gasteiger partial charge < -0.3 is 10.1 Å². The Kier molecular flexibility index (Phi) is 4.70. The molecule has 130 valence electrons. The fourth-order valence-electron chi connectivity index (χ4n) is 2.97. The van der Waals surface area contributed by atoms with Gasteiger partial charge in [0.1, 0.15) is 23.7 Å². The number of rotatable bonds is 6. The van der Waals surface area contributed by atoms with Crippen molar-refractivity contribution in [2.75, 3.05) is 13.2 Å². The van der Waals surface area contributed by atoms with Gasteiger partial charge in [-0.2, -0.15) is 0 Å². The van der Waals surface area contributed by atoms with E-state index in [1.807, 2.05) is 25.1 Å². The highest BCUT2D eigenvalue weighted by atomic mass is 19.1. The maximum atomic E-state index is 13.2. The Labute approximate surface area is 145 Å². The first-order chi connectivity index (χ1) is 12.1. The third-order valence-electron chi connectivity index (χ3n) is 4.37. The number of nitrogens with zero attached hydrogens (tertiary/aromatic N) is 1. The van der Waals surface area contributed by atoms with E-state index in [2.05, 4.69) is 5.32 Å². The summed E-state index contributed by atoms with van der Waals surface area (Å²) in [6.07, 6.45) is 0.374. The number of hydrogen-bond acceptors (Lipinski definition) is 3. The summed E-state index contributed by atoms with van der Waals surface area (Å²) in [5, 5.41) is 2.76. The average molecular weight is 342 g/mol. The van der Waals surface area contributed by atoms with Crippen molar-refractivity contribution in [3.8, 4) is 5.75 Å². The van der Waals surface area contributed by atoms with E-state index in [1.54, 1.807) is 12.1 Å². The Hall–Kier alpha value is -2.89. The molecule has 6 heteroatoms. The maximum absolute atomic E-state index is 13.2. The average Bonchev–Trinajstić information content (AvgIpc) is 2.88. The van der Waals surface area contributed by atoms with Crippen molar-refractivity contribution in [3.63, 3.8) is 0 Å². The zero-order valence-corrected chi connectivity index (χ0v) is 13.9. The quantitative estimate of drug-likeness (QED) is 0.821. The molecule has 1 aliphatic rings. The lowest BCUT2D eigenvalue weighted by atomic mass is 9.87. The van der Waals surface area contributed by atoms with Crippen molar-refractivity contribution in [2.45, 2.75) is 18.9 Å². The Morgan fingerprint density at radius 2 is 1.76 bits per heavy atom. The van der Waals surface area contributed by atoms with Crippen molar-refractivity contribution in [3.05, 3.63) is 66.0 Å². The summed E-state index contributed by atoms with van der Waals surface area (Å²) in [4.78, 5) is 26.3. The molecular weight excluding hydrogens is 323 g/mol. The van der Waals surface area contributed by atoms with Gasteiger partial charge in [0.25, 0.3) is 5.91 Å². The summed E-state index contributed by atoms with van der Waals surface area (Å²) in [5.41, 5.74) is -0.585. The minimum Gasteiger partial charge on any atom is -0.492 e. The standard InChI is InChI=1S/C19H19FN2O3/c1-2-19(14-8-10-15(20)11-9-14)17(23)22(18(24)21-19)12-13-25-16-6-4-3-5-7-16/h3-11H,2,12-13H2,1H3,(H,21,24)/t19-/m1/s1. The van der Waals surface area contributed by atoms with Gasteiger partial charge in [-0.25, -0.2) is 9.18 Å². The minimum atomic E-state index is -1.16. The predicted octanol–water partition coefficient (Wildman–Crippen LogP) is 3.06. The Balaban J connectivity index is 1.73. The highest BCUT2D eigenvalue weighted by molar-refractivity contribution is 6.07. The molecule has 2 aromatic carbocycles. The van der Waals surface area contributed by atoms with Crippen molar-refractivity contribution < 1.29 is 18.7 Å². The summed E-state index contributed by atoms with van der Waals surface area (Å²) in [7, 11) is 0. The molecule has 1 atom stereocenters. The van der Waals surface area contributed by atoms with E-state index in [4.69, 9.17) is 4.74 Å². The largest absolute Gasteiger partial charge is 0.492 e. The number of nitrogens with one attached hydrogen (secondary N) is 1. The molecule has 1 saturated heterocycles. The van der Waals surface area contributed by atoms with Crippen LogP contribution in [0.3, 0.4) is 0 Å². The fourth-order valence-corrected chi connectivity index (χ4v) is 2.97. The molecule has 1 heterocycles. The lowest BCUT2D eigenvalue weighted by Gasteiger charge is -2.25. The highest BCUT2D eigenvalue weighted by Gasteiger charge is 2.51. The van der Waals surface area contributed by atoms with Gasteiger partial charge in [0.05, 0.1) is 6.54 Å². The van der Waals surface area contributed by atoms with E-state index in [9.17, 15) is 14.0 Å². The molecule has 0 aromatic heterocycles. The first kappa shape index (κ1) is 17.0. The molecule has 0 spiro atoms. The first-order valence-electron chi connectivity index (χ1n) is 8.15. The molecule has 3 amide bonds. The number of halogens is 1. The second kappa shape index (κ2) is 6.93. The normalized spacial score (nSPS) is 19.8. The predicted molar refractivity (Wildman–Crippen MR) is 90.6 cm³/mol. The Morgan fingerprint density at radius 1 is 1.08 bits per heavy atom. The monoisotopic (exact) mass is 342 g/mol. The fraction of sp³-hybridized carbons (Fsp3) is 0.263. The molecule has 1 fully saturated rings. The summed E-state index contributed by atoms with van der Waals surface area (Å²) >= 11 is 0. The molecule has 3 rings (SSSR count). The molecule has 0 aliphatic carbocycles. The van der Waals surface area contributed by atoms with E-state index in [-0.39, 0.29) is 24.9 Å². The molecule has 25 heavy (non-hydrogen) atoms. The molecule has 2 aromatic rings. The van der Waals surface area contributed by atoms with Crippen LogP contribution in [0, 0.1) is 5.82 Å². The van der Waals surface area contributed by atoms with E-state index < -0.39 is 11.6 Å². The summed E-state index contributed by atoms with van der Waals surface area (Å²) < 4.78 is 18.7. The SMILES string of the molecule is CC[C@]1(c2ccc(F)cc2)NC(=O)N(CCOc2ccccc2)C1=O. The number of benzene rings is 2. The van der Waals surface area contributed by atoms with Crippen LogP contribution in [0.4, 0.5) is 9.18 Å². The number of urea groups is 1. The molecule has 0 bridgehead atoms. The van der Waals surface area contributed by atoms with Gasteiger partial charge in [-0.05, 0) is 36.2 Å². The molecule has 1 aliphatic heterocycles. The summed E-state index contributed by atoms with van der Waals surface area (Å²) in [6.45, 7) is 2.15. The maximum Gasteiger partial charge on any atom is 0.325 e. The summed E-state index contributed by atoms with van der Waals surface area (Å²) in [6, 6.07) is 14.3. The molecular formula is C19H19FN2O3. The van der Waals surface area contributed by atoms with Gasteiger partial charge in [0.15, 0.2) is 0 Å². The van der Waals surface area contributed by atoms with E-state index in [1.165, 1.54) is 24.3 Å². The minimum absolute atomic E-state index is 0.141. The third-order valence-corrected chi connectivity index (χ3v) is 4.37. The Bertz CT molecular complexity index is 764. The van der Waals surface area contributed by atoms with Gasteiger partial charge in [-0.1, -0.05) is 37.3 Å². The van der Waals surface area contributed by atoms with E-state index >= 15 is 0 Å². The molecule has 5 nitrogen and oxygen atoms in total. The van der Waals surface area contributed by atoms with Crippen LogP contribution in [0.25, 0.3) is 0 Å². The van der Waals surface area contributed by atoms with Crippen molar-refractivity contribution >= 4 is 11.9 Å². The van der Waals surface area contributed by atoms with Crippen LogP contribution in [-0.4, -0.2) is 30.0 Å². The van der Waals surface area contributed by atoms with Gasteiger partial charge in [-0.3, -0.25) is 9.69 Å². The second-order valence-corrected chi connectivity index (χ2v) is 5.81.